The van der Waals surface area contributed by atoms with Gasteiger partial charge in [0.1, 0.15) is 16.2 Å². The molecule has 6 nitrogen and oxygen atoms in total. The third-order valence-corrected chi connectivity index (χ3v) is 4.62. The summed E-state index contributed by atoms with van der Waals surface area (Å²) in [6, 6.07) is 1.94. The van der Waals surface area contributed by atoms with Crippen LogP contribution in [-0.2, 0) is 9.59 Å². The predicted molar refractivity (Wildman–Crippen MR) is 81.7 cm³/mol. The molecule has 0 atom stereocenters. The number of nitrogens with zero attached hydrogens (tertiary/aromatic N) is 3. The number of hydrogen-bond donors (Lipinski definition) is 1. The number of imide groups is 1. The molecule has 1 N–H and O–H groups in total. The van der Waals surface area contributed by atoms with Gasteiger partial charge >= 0.3 is 0 Å². The summed E-state index contributed by atoms with van der Waals surface area (Å²) < 4.78 is 0. The first kappa shape index (κ1) is 14.2. The number of fused-ring (bicyclic) bond motifs is 1. The van der Waals surface area contributed by atoms with Crippen LogP contribution in [0.4, 0.5) is 5.82 Å². The van der Waals surface area contributed by atoms with Gasteiger partial charge in [-0.3, -0.25) is 14.9 Å². The van der Waals surface area contributed by atoms with Crippen molar-refractivity contribution in [3.05, 3.63) is 16.2 Å². The van der Waals surface area contributed by atoms with Crippen molar-refractivity contribution in [3.63, 3.8) is 0 Å². The second-order valence-electron chi connectivity index (χ2n) is 5.41. The number of carbonyl (C=O) groups excluding carboxylic acids is 2. The molecule has 0 saturated carbocycles. The van der Waals surface area contributed by atoms with E-state index >= 15 is 0 Å². The number of halogens is 1. The molecule has 0 bridgehead atoms. The summed E-state index contributed by atoms with van der Waals surface area (Å²) in [5.74, 6) is -0.190. The van der Waals surface area contributed by atoms with Crippen molar-refractivity contribution < 1.29 is 9.59 Å². The molecular formula is C13H13ClN4O2S. The first-order chi connectivity index (χ1) is 9.79. The molecule has 21 heavy (non-hydrogen) atoms. The normalized spacial score (nSPS) is 18.2. The maximum absolute atomic E-state index is 12.1. The fourth-order valence-electron chi connectivity index (χ4n) is 2.33. The van der Waals surface area contributed by atoms with Crippen molar-refractivity contribution in [2.24, 2.45) is 0 Å². The second kappa shape index (κ2) is 4.64. The zero-order valence-electron chi connectivity index (χ0n) is 11.7. The Balaban J connectivity index is 2.22. The maximum atomic E-state index is 12.1. The molecule has 2 aromatic heterocycles. The zero-order valence-corrected chi connectivity index (χ0v) is 13.3. The molecule has 8 heteroatoms. The van der Waals surface area contributed by atoms with Gasteiger partial charge in [0.15, 0.2) is 0 Å². The first-order valence-electron chi connectivity index (χ1n) is 6.34. The lowest BCUT2D eigenvalue weighted by Gasteiger charge is -2.41. The topological polar surface area (TPSA) is 75.2 Å². The van der Waals surface area contributed by atoms with E-state index in [9.17, 15) is 9.59 Å². The molecule has 3 heterocycles. The summed E-state index contributed by atoms with van der Waals surface area (Å²) in [7, 11) is 0. The van der Waals surface area contributed by atoms with Gasteiger partial charge in [-0.05, 0) is 38.4 Å². The molecule has 2 amide bonds. The summed E-state index contributed by atoms with van der Waals surface area (Å²) in [4.78, 5) is 35.8. The number of anilines is 1. The Morgan fingerprint density at radius 1 is 1.38 bits per heavy atom. The van der Waals surface area contributed by atoms with Gasteiger partial charge in [0.25, 0.3) is 5.91 Å². The summed E-state index contributed by atoms with van der Waals surface area (Å²) in [5.41, 5.74) is -0.894. The molecule has 0 aliphatic carbocycles. The summed E-state index contributed by atoms with van der Waals surface area (Å²) >= 11 is 7.49. The highest BCUT2D eigenvalue weighted by atomic mass is 35.5. The maximum Gasteiger partial charge on any atom is 0.251 e. The number of thiophene rings is 1. The van der Waals surface area contributed by atoms with Crippen LogP contribution in [0.2, 0.25) is 5.28 Å². The number of amides is 2. The van der Waals surface area contributed by atoms with E-state index in [0.29, 0.717) is 5.82 Å². The molecule has 0 radical (unpaired) electrons. The van der Waals surface area contributed by atoms with E-state index in [4.69, 9.17) is 11.6 Å². The Hall–Kier alpha value is -1.73. The molecule has 110 valence electrons. The van der Waals surface area contributed by atoms with Gasteiger partial charge in [-0.2, -0.15) is 4.98 Å². The van der Waals surface area contributed by atoms with E-state index < -0.39 is 5.54 Å². The monoisotopic (exact) mass is 324 g/mol. The van der Waals surface area contributed by atoms with Gasteiger partial charge in [0.2, 0.25) is 11.2 Å². The van der Waals surface area contributed by atoms with Crippen LogP contribution >= 0.6 is 22.9 Å². The van der Waals surface area contributed by atoms with Crippen molar-refractivity contribution in [3.8, 4) is 0 Å². The van der Waals surface area contributed by atoms with Crippen LogP contribution in [0, 0.1) is 6.92 Å². The average molecular weight is 325 g/mol. The molecule has 1 fully saturated rings. The number of piperazine rings is 1. The van der Waals surface area contributed by atoms with E-state index in [1.165, 1.54) is 11.3 Å². The molecule has 0 aromatic carbocycles. The van der Waals surface area contributed by atoms with Crippen molar-refractivity contribution in [2.75, 3.05) is 11.4 Å². The lowest BCUT2D eigenvalue weighted by Crippen LogP contribution is -2.64. The van der Waals surface area contributed by atoms with Crippen LogP contribution in [0.15, 0.2) is 6.07 Å². The number of rotatable bonds is 1. The predicted octanol–water partition coefficient (Wildman–Crippen LogP) is 1.89. The zero-order chi connectivity index (χ0) is 15.4. The highest BCUT2D eigenvalue weighted by molar-refractivity contribution is 7.18. The Labute approximate surface area is 130 Å². The van der Waals surface area contributed by atoms with Crippen molar-refractivity contribution in [1.82, 2.24) is 15.3 Å². The van der Waals surface area contributed by atoms with Crippen molar-refractivity contribution >= 4 is 50.8 Å². The van der Waals surface area contributed by atoms with Gasteiger partial charge in [-0.15, -0.1) is 11.3 Å². The Morgan fingerprint density at radius 3 is 2.81 bits per heavy atom. The van der Waals surface area contributed by atoms with Gasteiger partial charge in [0.05, 0.1) is 11.9 Å². The van der Waals surface area contributed by atoms with Crippen molar-refractivity contribution in [2.45, 2.75) is 26.3 Å². The van der Waals surface area contributed by atoms with Gasteiger partial charge in [-0.25, -0.2) is 4.98 Å². The largest absolute Gasteiger partial charge is 0.332 e. The average Bonchev–Trinajstić information content (AvgIpc) is 2.73. The third-order valence-electron chi connectivity index (χ3n) is 3.51. The summed E-state index contributed by atoms with van der Waals surface area (Å²) in [5, 5.41) is 3.25. The smallest absolute Gasteiger partial charge is 0.251 e. The van der Waals surface area contributed by atoms with E-state index in [0.717, 1.165) is 15.1 Å². The Bertz CT molecular complexity index is 771. The highest BCUT2D eigenvalue weighted by Gasteiger charge is 2.42. The number of aryl methyl sites for hydroxylation is 1. The fourth-order valence-corrected chi connectivity index (χ4v) is 3.42. The lowest BCUT2D eigenvalue weighted by molar-refractivity contribution is -0.135. The quantitative estimate of drug-likeness (QED) is 0.640. The molecule has 3 rings (SSSR count). The number of hydrogen-bond acceptors (Lipinski definition) is 6. The van der Waals surface area contributed by atoms with Crippen LogP contribution in [-0.4, -0.2) is 33.9 Å². The SMILES string of the molecule is Cc1cc2c(N3CC(=O)NC(=O)C3(C)C)nc(Cl)nc2s1. The van der Waals surface area contributed by atoms with Crippen molar-refractivity contribution in [1.29, 1.82) is 0 Å². The molecule has 1 saturated heterocycles. The van der Waals surface area contributed by atoms with E-state index in [1.54, 1.807) is 18.7 Å². The van der Waals surface area contributed by atoms with E-state index in [1.807, 2.05) is 13.0 Å². The Morgan fingerprint density at radius 2 is 2.10 bits per heavy atom. The third kappa shape index (κ3) is 2.26. The minimum absolute atomic E-state index is 0.0517. The van der Waals surface area contributed by atoms with Crippen LogP contribution in [0.25, 0.3) is 10.2 Å². The summed E-state index contributed by atoms with van der Waals surface area (Å²) in [6.07, 6.45) is 0. The number of aromatic nitrogens is 2. The fraction of sp³-hybridized carbons (Fsp3) is 0.385. The lowest BCUT2D eigenvalue weighted by atomic mass is 9.98. The second-order valence-corrected chi connectivity index (χ2v) is 6.99. The molecule has 1 aliphatic heterocycles. The molecule has 0 spiro atoms. The highest BCUT2D eigenvalue weighted by Crippen LogP contribution is 2.35. The number of carbonyl (C=O) groups is 2. The van der Waals surface area contributed by atoms with Gasteiger partial charge < -0.3 is 4.90 Å². The molecule has 2 aromatic rings. The van der Waals surface area contributed by atoms with Gasteiger partial charge in [-0.1, -0.05) is 0 Å². The van der Waals surface area contributed by atoms with Gasteiger partial charge in [0, 0.05) is 4.88 Å². The summed E-state index contributed by atoms with van der Waals surface area (Å²) in [6.45, 7) is 5.50. The van der Waals surface area contributed by atoms with E-state index in [2.05, 4.69) is 15.3 Å². The van der Waals surface area contributed by atoms with Crippen LogP contribution in [0.1, 0.15) is 18.7 Å². The minimum Gasteiger partial charge on any atom is -0.332 e. The molecular weight excluding hydrogens is 312 g/mol. The Kier molecular flexibility index (Phi) is 3.14. The van der Waals surface area contributed by atoms with Crippen LogP contribution < -0.4 is 10.2 Å². The van der Waals surface area contributed by atoms with Crippen LogP contribution in [0.5, 0.6) is 0 Å². The minimum atomic E-state index is -0.894. The molecule has 1 aliphatic rings. The standard InChI is InChI=1S/C13H13ClN4O2S/c1-6-4-7-9(16-12(14)17-10(7)21-6)18-5-8(19)15-11(20)13(18,2)3/h4H,5H2,1-3H3,(H,15,19,20). The number of nitrogens with one attached hydrogen (secondary N) is 1. The van der Waals surface area contributed by atoms with Crippen LogP contribution in [0.3, 0.4) is 0 Å². The van der Waals surface area contributed by atoms with E-state index in [-0.39, 0.29) is 23.6 Å². The first-order valence-corrected chi connectivity index (χ1v) is 7.54. The molecule has 0 unspecified atom stereocenters.